The van der Waals surface area contributed by atoms with Crippen molar-refractivity contribution in [1.29, 1.82) is 0 Å². The Morgan fingerprint density at radius 2 is 1.52 bits per heavy atom. The molecule has 0 fully saturated rings. The monoisotopic (exact) mass is 292 g/mol. The molecule has 4 nitrogen and oxygen atoms in total. The molecule has 0 saturated heterocycles. The van der Waals surface area contributed by atoms with Crippen LogP contribution in [0.4, 0.5) is 0 Å². The Kier molecular flexibility index (Phi) is 4.42. The van der Waals surface area contributed by atoms with E-state index in [4.69, 9.17) is 5.11 Å². The molecule has 0 bridgehead atoms. The van der Waals surface area contributed by atoms with E-state index in [0.717, 1.165) is 6.08 Å². The van der Waals surface area contributed by atoms with Gasteiger partial charge in [0, 0.05) is 22.8 Å². The van der Waals surface area contributed by atoms with Crippen LogP contribution in [-0.4, -0.2) is 21.3 Å². The number of carbonyl (C=O) groups is 1. The van der Waals surface area contributed by atoms with E-state index in [9.17, 15) is 15.0 Å². The number of hydrogen-bond acceptors (Lipinski definition) is 3. The van der Waals surface area contributed by atoms with E-state index in [1.54, 1.807) is 6.07 Å². The molecular formula is C17H24O4. The summed E-state index contributed by atoms with van der Waals surface area (Å²) in [6, 6.07) is 1.64. The lowest BCUT2D eigenvalue weighted by atomic mass is 9.77. The fourth-order valence-corrected chi connectivity index (χ4v) is 2.25. The van der Waals surface area contributed by atoms with Gasteiger partial charge in [-0.3, -0.25) is 0 Å². The van der Waals surface area contributed by atoms with Gasteiger partial charge in [0.15, 0.2) is 0 Å². The molecule has 0 amide bonds. The van der Waals surface area contributed by atoms with Crippen LogP contribution in [0.2, 0.25) is 0 Å². The first-order valence-electron chi connectivity index (χ1n) is 6.86. The summed E-state index contributed by atoms with van der Waals surface area (Å²) in [5, 5.41) is 29.7. The second-order valence-corrected chi connectivity index (χ2v) is 7.26. The molecule has 21 heavy (non-hydrogen) atoms. The molecular weight excluding hydrogens is 268 g/mol. The molecule has 0 atom stereocenters. The third-order valence-corrected chi connectivity index (χ3v) is 3.27. The quantitative estimate of drug-likeness (QED) is 0.725. The number of aliphatic carboxylic acids is 1. The Bertz CT molecular complexity index is 584. The molecule has 0 aromatic heterocycles. The van der Waals surface area contributed by atoms with Crippen LogP contribution in [0.15, 0.2) is 12.1 Å². The van der Waals surface area contributed by atoms with Gasteiger partial charge in [0.1, 0.15) is 11.5 Å². The van der Waals surface area contributed by atoms with Crippen molar-refractivity contribution >= 4 is 12.0 Å². The lowest BCUT2D eigenvalue weighted by molar-refractivity contribution is -0.131. The normalized spacial score (nSPS) is 12.9. The zero-order valence-corrected chi connectivity index (χ0v) is 13.5. The highest BCUT2D eigenvalue weighted by Crippen LogP contribution is 2.45. The Morgan fingerprint density at radius 3 is 1.90 bits per heavy atom. The Balaban J connectivity index is 3.73. The summed E-state index contributed by atoms with van der Waals surface area (Å²) in [6.45, 7) is 11.5. The van der Waals surface area contributed by atoms with Crippen molar-refractivity contribution in [1.82, 2.24) is 0 Å². The van der Waals surface area contributed by atoms with Gasteiger partial charge in [-0.05, 0) is 23.0 Å². The Morgan fingerprint density at radius 1 is 1.00 bits per heavy atom. The van der Waals surface area contributed by atoms with Crippen molar-refractivity contribution in [2.24, 2.45) is 0 Å². The second-order valence-electron chi connectivity index (χ2n) is 7.26. The molecule has 4 heteroatoms. The summed E-state index contributed by atoms with van der Waals surface area (Å²) >= 11 is 0. The van der Waals surface area contributed by atoms with Crippen molar-refractivity contribution < 1.29 is 20.1 Å². The topological polar surface area (TPSA) is 77.8 Å². The predicted molar refractivity (Wildman–Crippen MR) is 83.8 cm³/mol. The van der Waals surface area contributed by atoms with Crippen LogP contribution in [0.3, 0.4) is 0 Å². The van der Waals surface area contributed by atoms with Crippen molar-refractivity contribution in [2.45, 2.75) is 52.4 Å². The van der Waals surface area contributed by atoms with Crippen LogP contribution < -0.4 is 0 Å². The lowest BCUT2D eigenvalue weighted by Crippen LogP contribution is -2.18. The third-order valence-electron chi connectivity index (χ3n) is 3.27. The van der Waals surface area contributed by atoms with Crippen LogP contribution in [0.25, 0.3) is 6.08 Å². The average Bonchev–Trinajstić information content (AvgIpc) is 2.23. The Labute approximate surface area is 125 Å². The van der Waals surface area contributed by atoms with Crippen molar-refractivity contribution in [3.63, 3.8) is 0 Å². The predicted octanol–water partition coefficient (Wildman–Crippen LogP) is 3.79. The molecule has 0 spiro atoms. The third kappa shape index (κ3) is 3.78. The van der Waals surface area contributed by atoms with E-state index in [-0.39, 0.29) is 16.9 Å². The summed E-state index contributed by atoms with van der Waals surface area (Å²) in [4.78, 5) is 10.7. The number of carboxylic acid groups (broad SMARTS) is 1. The summed E-state index contributed by atoms with van der Waals surface area (Å²) in [5.74, 6) is -1.09. The first-order valence-corrected chi connectivity index (χ1v) is 6.86. The van der Waals surface area contributed by atoms with Crippen LogP contribution >= 0.6 is 0 Å². The molecule has 0 aliphatic rings. The summed E-state index contributed by atoms with van der Waals surface area (Å²) in [7, 11) is 0. The van der Waals surface area contributed by atoms with Crippen LogP contribution in [-0.2, 0) is 15.6 Å². The molecule has 0 unspecified atom stereocenters. The van der Waals surface area contributed by atoms with Gasteiger partial charge >= 0.3 is 5.97 Å². The van der Waals surface area contributed by atoms with Crippen LogP contribution in [0.1, 0.15) is 58.2 Å². The smallest absolute Gasteiger partial charge is 0.328 e. The van der Waals surface area contributed by atoms with Gasteiger partial charge in [-0.2, -0.15) is 0 Å². The molecule has 116 valence electrons. The number of phenolic OH excluding ortho intramolecular Hbond substituents is 2. The number of rotatable bonds is 2. The molecule has 0 heterocycles. The molecule has 3 N–H and O–H groups in total. The van der Waals surface area contributed by atoms with E-state index in [2.05, 4.69) is 0 Å². The molecule has 1 aromatic carbocycles. The summed E-state index contributed by atoms with van der Waals surface area (Å²) in [5.41, 5.74) is 0.700. The van der Waals surface area contributed by atoms with Crippen LogP contribution in [0.5, 0.6) is 11.5 Å². The van der Waals surface area contributed by atoms with E-state index in [1.165, 1.54) is 6.08 Å². The minimum atomic E-state index is -1.09. The standard InChI is InChI=1S/C17H24O4/c1-16(2,3)11-9-10(7-8-12(18)19)14(20)13(15(11)21)17(4,5)6/h7-9,20-21H,1-6H3,(H,18,19)/b8-7+. The van der Waals surface area contributed by atoms with E-state index < -0.39 is 11.4 Å². The minimum absolute atomic E-state index is 0.0694. The largest absolute Gasteiger partial charge is 0.507 e. The van der Waals surface area contributed by atoms with Gasteiger partial charge in [-0.1, -0.05) is 41.5 Å². The van der Waals surface area contributed by atoms with Gasteiger partial charge in [0.2, 0.25) is 0 Å². The minimum Gasteiger partial charge on any atom is -0.507 e. The van der Waals surface area contributed by atoms with Gasteiger partial charge in [0.25, 0.3) is 0 Å². The molecule has 0 aliphatic carbocycles. The average molecular weight is 292 g/mol. The first kappa shape index (κ1) is 17.1. The highest BCUT2D eigenvalue weighted by atomic mass is 16.4. The zero-order valence-electron chi connectivity index (χ0n) is 13.5. The van der Waals surface area contributed by atoms with Crippen LogP contribution in [0, 0.1) is 0 Å². The fraction of sp³-hybridized carbons (Fsp3) is 0.471. The number of phenols is 2. The lowest BCUT2D eigenvalue weighted by Gasteiger charge is -2.29. The van der Waals surface area contributed by atoms with Crippen molar-refractivity contribution in [3.05, 3.63) is 28.8 Å². The number of benzene rings is 1. The maximum atomic E-state index is 10.7. The number of hydrogen-bond donors (Lipinski definition) is 3. The zero-order chi connectivity index (χ0) is 16.6. The first-order chi connectivity index (χ1) is 9.35. The van der Waals surface area contributed by atoms with Gasteiger partial charge in [-0.15, -0.1) is 0 Å². The Hall–Kier alpha value is -1.97. The van der Waals surface area contributed by atoms with Gasteiger partial charge in [-0.25, -0.2) is 4.79 Å². The van der Waals surface area contributed by atoms with E-state index >= 15 is 0 Å². The molecule has 0 aliphatic heterocycles. The highest BCUT2D eigenvalue weighted by molar-refractivity contribution is 5.86. The van der Waals surface area contributed by atoms with Gasteiger partial charge < -0.3 is 15.3 Å². The SMILES string of the molecule is CC(C)(C)c1cc(/C=C/C(=O)O)c(O)c(C(C)(C)C)c1O. The van der Waals surface area contributed by atoms with Crippen molar-refractivity contribution in [2.75, 3.05) is 0 Å². The molecule has 0 saturated carbocycles. The molecule has 1 rings (SSSR count). The molecule has 0 radical (unpaired) electrons. The fourth-order valence-electron chi connectivity index (χ4n) is 2.25. The number of aromatic hydroxyl groups is 2. The maximum absolute atomic E-state index is 10.7. The van der Waals surface area contributed by atoms with Crippen molar-refractivity contribution in [3.8, 4) is 11.5 Å². The van der Waals surface area contributed by atoms with E-state index in [1.807, 2.05) is 41.5 Å². The highest BCUT2D eigenvalue weighted by Gasteiger charge is 2.30. The van der Waals surface area contributed by atoms with Gasteiger partial charge in [0.05, 0.1) is 0 Å². The summed E-state index contributed by atoms with van der Waals surface area (Å²) in [6.07, 6.45) is 2.33. The number of carboxylic acids is 1. The maximum Gasteiger partial charge on any atom is 0.328 e. The second kappa shape index (κ2) is 5.43. The summed E-state index contributed by atoms with van der Waals surface area (Å²) < 4.78 is 0. The van der Waals surface area contributed by atoms with E-state index in [0.29, 0.717) is 16.7 Å². The molecule has 1 aromatic rings.